The predicted molar refractivity (Wildman–Crippen MR) is 125 cm³/mol. The average molecular weight is 560 g/mol. The van der Waals surface area contributed by atoms with Crippen LogP contribution in [0.1, 0.15) is 30.5 Å². The number of Topliss-reactive ketones (excluding diaryl/α,β-unsaturated/α-hetero) is 2. The number of hydrogen-bond acceptors (Lipinski definition) is 10. The maximum absolute atomic E-state index is 10.6. The molecule has 4 aromatic heterocycles. The van der Waals surface area contributed by atoms with E-state index in [-0.39, 0.29) is 26.8 Å². The molecule has 0 aromatic carbocycles. The summed E-state index contributed by atoms with van der Waals surface area (Å²) >= 11 is 2.18. The monoisotopic (exact) mass is 559 g/mol. The van der Waals surface area contributed by atoms with Crippen molar-refractivity contribution < 1.29 is 46.5 Å². The molecule has 0 bridgehead atoms. The minimum atomic E-state index is -1.65. The van der Waals surface area contributed by atoms with Crippen molar-refractivity contribution in [3.05, 3.63) is 105 Å². The van der Waals surface area contributed by atoms with E-state index in [1.54, 1.807) is 47.7 Å². The number of nitrogens with zero attached hydrogens (tertiary/aromatic N) is 2. The number of hydrogen-bond donors (Lipinski definition) is 0. The molecule has 35 heavy (non-hydrogen) atoms. The molecule has 0 N–H and O–H groups in total. The van der Waals surface area contributed by atoms with Crippen LogP contribution < -0.4 is 10.2 Å². The number of aryl methyl sites for hydroxylation is 2. The van der Waals surface area contributed by atoms with Crippen LogP contribution in [0.2, 0.25) is 0 Å². The first-order chi connectivity index (χ1) is 16.2. The quantitative estimate of drug-likeness (QED) is 0.210. The van der Waals surface area contributed by atoms with Gasteiger partial charge in [-0.3, -0.25) is 19.6 Å². The Morgan fingerprint density at radius 3 is 1.11 bits per heavy atom. The van der Waals surface area contributed by atoms with Gasteiger partial charge >= 0.3 is 17.1 Å². The molecule has 4 rings (SSSR count). The molecule has 185 valence electrons. The topological polar surface area (TPSA) is 140 Å². The van der Waals surface area contributed by atoms with E-state index in [4.69, 9.17) is 0 Å². The summed E-state index contributed by atoms with van der Waals surface area (Å²) in [6.07, 6.45) is 7.15. The maximum Gasteiger partial charge on any atom is 2.00 e. The fourth-order valence-electron chi connectivity index (χ4n) is 1.87. The Kier molecular flexibility index (Phi) is 16.1. The van der Waals surface area contributed by atoms with Gasteiger partial charge in [0.25, 0.3) is 0 Å². The first kappa shape index (κ1) is 31.5. The zero-order valence-corrected chi connectivity index (χ0v) is 21.1. The molecule has 1 radical (unpaired) electrons. The van der Waals surface area contributed by atoms with Crippen LogP contribution in [0.15, 0.2) is 84.1 Å². The van der Waals surface area contributed by atoms with E-state index in [0.717, 1.165) is 22.7 Å². The average Bonchev–Trinajstić information content (AvgIpc) is 3.55. The van der Waals surface area contributed by atoms with Gasteiger partial charge in [0.05, 0.1) is 9.75 Å². The van der Waals surface area contributed by atoms with Gasteiger partial charge in [0.2, 0.25) is 11.6 Å². The third-order valence-electron chi connectivity index (χ3n) is 3.55. The van der Waals surface area contributed by atoms with Gasteiger partial charge in [0.15, 0.2) is 0 Å². The summed E-state index contributed by atoms with van der Waals surface area (Å²) in [6.45, 7) is 4.09. The molecule has 4 heterocycles. The van der Waals surface area contributed by atoms with Crippen LogP contribution >= 0.6 is 22.7 Å². The summed E-state index contributed by atoms with van der Waals surface area (Å²) < 4.78 is 0. The Hall–Kier alpha value is -3.50. The first-order valence-corrected chi connectivity index (χ1v) is 11.3. The van der Waals surface area contributed by atoms with Gasteiger partial charge in [-0.1, -0.05) is 12.1 Å². The molecule has 0 fully saturated rings. The van der Waals surface area contributed by atoms with Crippen molar-refractivity contribution in [2.24, 2.45) is 0 Å². The maximum atomic E-state index is 10.6. The van der Waals surface area contributed by atoms with Crippen LogP contribution in [0.25, 0.3) is 0 Å². The van der Waals surface area contributed by atoms with E-state index in [2.05, 4.69) is 9.97 Å². The van der Waals surface area contributed by atoms with E-state index in [1.807, 2.05) is 38.1 Å². The molecule has 0 aliphatic heterocycles. The molecule has 0 aliphatic rings. The minimum absolute atomic E-state index is 0. The minimum Gasteiger partial charge on any atom is -0.541 e. The largest absolute Gasteiger partial charge is 2.00 e. The molecule has 4 aromatic rings. The zero-order chi connectivity index (χ0) is 25.3. The number of pyridine rings is 2. The molecule has 0 amide bonds. The Morgan fingerprint density at radius 1 is 0.629 bits per heavy atom. The fourth-order valence-corrected chi connectivity index (χ4v) is 3.17. The first-order valence-electron chi connectivity index (χ1n) is 9.54. The second-order valence-electron chi connectivity index (χ2n) is 6.24. The molecule has 8 nitrogen and oxygen atoms in total. The zero-order valence-electron chi connectivity index (χ0n) is 18.5. The third-order valence-corrected chi connectivity index (χ3v) is 5.29. The molecule has 11 heteroatoms. The number of aromatic nitrogens is 2. The SMILES string of the molecule is Cc1ccncc1.Cc1ccncc1.O=C([O-])C(=O)c1cccs1.O=C([O-])C(=O)c1cccs1.[Cu+2]. The van der Waals surface area contributed by atoms with Crippen LogP contribution in [-0.4, -0.2) is 33.5 Å². The molecule has 0 saturated carbocycles. The van der Waals surface area contributed by atoms with E-state index >= 15 is 0 Å². The van der Waals surface area contributed by atoms with E-state index in [0.29, 0.717) is 0 Å². The standard InChI is InChI=1S/2C6H7N.2C6H4O3S.Cu/c2*1-6-2-4-7-5-3-6;2*7-5(6(8)9)4-2-1-3-10-4;/h2*2-5H,1H3;2*1-3H,(H,8,9);/q;;;;+2/p-2. The van der Waals surface area contributed by atoms with Gasteiger partial charge in [-0.05, 0) is 72.1 Å². The Bertz CT molecular complexity index is 1060. The van der Waals surface area contributed by atoms with Gasteiger partial charge in [-0.15, -0.1) is 22.7 Å². The summed E-state index contributed by atoms with van der Waals surface area (Å²) in [4.78, 5) is 49.1. The van der Waals surface area contributed by atoms with Gasteiger partial charge in [0.1, 0.15) is 11.9 Å². The van der Waals surface area contributed by atoms with Crippen molar-refractivity contribution in [3.63, 3.8) is 0 Å². The van der Waals surface area contributed by atoms with Crippen LogP contribution in [0.4, 0.5) is 0 Å². The van der Waals surface area contributed by atoms with Crippen molar-refractivity contribution in [2.45, 2.75) is 13.8 Å². The van der Waals surface area contributed by atoms with E-state index < -0.39 is 23.5 Å². The van der Waals surface area contributed by atoms with Crippen molar-refractivity contribution in [1.82, 2.24) is 9.97 Å². The van der Waals surface area contributed by atoms with Crippen molar-refractivity contribution in [3.8, 4) is 0 Å². The molecule has 0 spiro atoms. The molecule has 0 saturated heterocycles. The molecule has 0 atom stereocenters. The van der Waals surface area contributed by atoms with Gasteiger partial charge in [-0.25, -0.2) is 0 Å². The van der Waals surface area contributed by atoms with Crippen LogP contribution in [-0.2, 0) is 26.7 Å². The van der Waals surface area contributed by atoms with E-state index in [1.165, 1.54) is 23.3 Å². The number of carbonyl (C=O) groups is 4. The number of carboxylic acid groups (broad SMARTS) is 2. The van der Waals surface area contributed by atoms with Crippen LogP contribution in [0.3, 0.4) is 0 Å². The predicted octanol–water partition coefficient (Wildman–Crippen LogP) is 2.14. The molecule has 0 aliphatic carbocycles. The number of carbonyl (C=O) groups excluding carboxylic acids is 4. The third kappa shape index (κ3) is 13.7. The second kappa shape index (κ2) is 17.9. The normalized spacial score (nSPS) is 8.74. The number of carboxylic acids is 2. The Balaban J connectivity index is 0.000000442. The number of aliphatic carboxylic acids is 2. The Morgan fingerprint density at radius 2 is 0.943 bits per heavy atom. The summed E-state index contributed by atoms with van der Waals surface area (Å²) in [5.41, 5.74) is 2.52. The second-order valence-corrected chi connectivity index (χ2v) is 8.13. The van der Waals surface area contributed by atoms with Crippen molar-refractivity contribution in [2.75, 3.05) is 0 Å². The van der Waals surface area contributed by atoms with Crippen molar-refractivity contribution in [1.29, 1.82) is 0 Å². The summed E-state index contributed by atoms with van der Waals surface area (Å²) in [5, 5.41) is 23.2. The number of thiophene rings is 2. The number of rotatable bonds is 4. The van der Waals surface area contributed by atoms with Gasteiger partial charge in [-0.2, -0.15) is 0 Å². The van der Waals surface area contributed by atoms with Gasteiger partial charge < -0.3 is 19.8 Å². The smallest absolute Gasteiger partial charge is 0.541 e. The number of ketones is 2. The van der Waals surface area contributed by atoms with Crippen LogP contribution in [0, 0.1) is 13.8 Å². The summed E-state index contributed by atoms with van der Waals surface area (Å²) in [6, 6.07) is 14.0. The fraction of sp³-hybridized carbons (Fsp3) is 0.0833. The van der Waals surface area contributed by atoms with Crippen molar-refractivity contribution >= 4 is 46.2 Å². The Labute approximate surface area is 220 Å². The van der Waals surface area contributed by atoms with E-state index in [9.17, 15) is 29.4 Å². The van der Waals surface area contributed by atoms with Crippen LogP contribution in [0.5, 0.6) is 0 Å². The van der Waals surface area contributed by atoms with Gasteiger partial charge in [0, 0.05) is 24.8 Å². The molecular formula is C24H20CuN2O6S2. The summed E-state index contributed by atoms with van der Waals surface area (Å²) in [7, 11) is 0. The molecule has 0 unspecified atom stereocenters. The molecular weight excluding hydrogens is 540 g/mol. The summed E-state index contributed by atoms with van der Waals surface area (Å²) in [5.74, 6) is -5.20.